The number of rotatable bonds is 8. The van der Waals surface area contributed by atoms with Crippen LogP contribution >= 0.6 is 28.3 Å². The van der Waals surface area contributed by atoms with Crippen molar-refractivity contribution < 1.29 is 4.79 Å². The molecule has 1 aromatic heterocycles. The fourth-order valence-corrected chi connectivity index (χ4v) is 3.32. The van der Waals surface area contributed by atoms with Gasteiger partial charge in [0.1, 0.15) is 11.5 Å². The van der Waals surface area contributed by atoms with Crippen LogP contribution in [0.4, 0.5) is 11.5 Å². The third kappa shape index (κ3) is 6.75. The van der Waals surface area contributed by atoms with Crippen LogP contribution in [0.1, 0.15) is 17.4 Å². The molecule has 1 heterocycles. The van der Waals surface area contributed by atoms with Gasteiger partial charge in [0, 0.05) is 35.7 Å². The largest absolute Gasteiger partial charge is 0.355 e. The maximum absolute atomic E-state index is 13.0. The average Bonchev–Trinajstić information content (AvgIpc) is 2.76. The van der Waals surface area contributed by atoms with Gasteiger partial charge in [-0.3, -0.25) is 4.79 Å². The molecule has 1 N–H and O–H groups in total. The normalized spacial score (nSPS) is 10.5. The molecule has 2 aromatic carbocycles. The highest BCUT2D eigenvalue weighted by Gasteiger charge is 2.17. The number of nitrogens with zero attached hydrogens (tertiary/aromatic N) is 4. The molecule has 3 rings (SSSR count). The number of anilines is 2. The van der Waals surface area contributed by atoms with E-state index in [0.717, 1.165) is 35.5 Å². The van der Waals surface area contributed by atoms with Crippen molar-refractivity contribution >= 4 is 45.7 Å². The Hall–Kier alpha value is -2.48. The molecule has 8 heteroatoms. The number of hydrogen-bond acceptors (Lipinski definition) is 5. The summed E-state index contributed by atoms with van der Waals surface area (Å²) >= 11 is 3.47. The molecule has 0 atom stereocenters. The van der Waals surface area contributed by atoms with Crippen molar-refractivity contribution in [1.29, 1.82) is 0 Å². The predicted octanol–water partition coefficient (Wildman–Crippen LogP) is 4.97. The third-order valence-electron chi connectivity index (χ3n) is 4.62. The highest BCUT2D eigenvalue weighted by atomic mass is 79.9. The molecular weight excluding hydrogens is 478 g/mol. The van der Waals surface area contributed by atoms with E-state index in [4.69, 9.17) is 4.98 Å². The van der Waals surface area contributed by atoms with Crippen molar-refractivity contribution in [2.75, 3.05) is 43.9 Å². The molecule has 6 nitrogen and oxygen atoms in total. The number of carbonyl (C=O) groups excluding carboxylic acids is 1. The zero-order valence-corrected chi connectivity index (χ0v) is 20.3. The number of hydrogen-bond donors (Lipinski definition) is 1. The monoisotopic (exact) mass is 503 g/mol. The number of aromatic nitrogens is 2. The quantitative estimate of drug-likeness (QED) is 0.469. The number of halogens is 2. The van der Waals surface area contributed by atoms with Gasteiger partial charge in [-0.1, -0.05) is 42.5 Å². The maximum atomic E-state index is 13.0. The van der Waals surface area contributed by atoms with E-state index in [9.17, 15) is 4.79 Å². The van der Waals surface area contributed by atoms with Gasteiger partial charge in [0.2, 0.25) is 0 Å². The van der Waals surface area contributed by atoms with Crippen LogP contribution in [0.2, 0.25) is 0 Å². The zero-order chi connectivity index (χ0) is 21.5. The summed E-state index contributed by atoms with van der Waals surface area (Å²) in [5, 5.41) is 2.94. The zero-order valence-electron chi connectivity index (χ0n) is 17.9. The fourth-order valence-electron chi connectivity index (χ4n) is 2.93. The minimum atomic E-state index is -0.272. The van der Waals surface area contributed by atoms with Gasteiger partial charge in [0.05, 0.1) is 5.69 Å². The molecule has 31 heavy (non-hydrogen) atoms. The Labute approximate surface area is 198 Å². The van der Waals surface area contributed by atoms with Gasteiger partial charge >= 0.3 is 0 Å². The van der Waals surface area contributed by atoms with E-state index < -0.39 is 0 Å². The molecule has 164 valence electrons. The van der Waals surface area contributed by atoms with Gasteiger partial charge in [-0.05, 0) is 49.1 Å². The predicted molar refractivity (Wildman–Crippen MR) is 133 cm³/mol. The first-order valence-corrected chi connectivity index (χ1v) is 10.7. The van der Waals surface area contributed by atoms with Crippen LogP contribution in [0.25, 0.3) is 11.4 Å². The molecule has 3 aromatic rings. The number of benzene rings is 2. The second-order valence-corrected chi connectivity index (χ2v) is 7.97. The van der Waals surface area contributed by atoms with Crippen molar-refractivity contribution in [3.63, 3.8) is 0 Å². The second kappa shape index (κ2) is 11.8. The number of carbonyl (C=O) groups is 1. The van der Waals surface area contributed by atoms with E-state index in [0.29, 0.717) is 17.2 Å². The van der Waals surface area contributed by atoms with Crippen LogP contribution in [0.3, 0.4) is 0 Å². The van der Waals surface area contributed by atoms with E-state index in [1.165, 1.54) is 0 Å². The van der Waals surface area contributed by atoms with Crippen LogP contribution in [0, 0.1) is 0 Å². The van der Waals surface area contributed by atoms with E-state index in [2.05, 4.69) is 43.0 Å². The highest BCUT2D eigenvalue weighted by molar-refractivity contribution is 9.10. The Morgan fingerprint density at radius 3 is 2.32 bits per heavy atom. The Morgan fingerprint density at radius 1 is 1.00 bits per heavy atom. The minimum absolute atomic E-state index is 0. The molecule has 0 fully saturated rings. The Morgan fingerprint density at radius 2 is 1.68 bits per heavy atom. The van der Waals surface area contributed by atoms with Gasteiger partial charge < -0.3 is 15.1 Å². The lowest BCUT2D eigenvalue weighted by Crippen LogP contribution is -2.32. The van der Waals surface area contributed by atoms with E-state index in [1.54, 1.807) is 6.07 Å². The van der Waals surface area contributed by atoms with Crippen molar-refractivity contribution in [2.24, 2.45) is 0 Å². The molecule has 0 spiro atoms. The lowest BCUT2D eigenvalue weighted by molar-refractivity contribution is 0.102. The van der Waals surface area contributed by atoms with Gasteiger partial charge in [-0.25, -0.2) is 9.97 Å². The number of nitrogens with one attached hydrogen (secondary N) is 1. The molecule has 0 aliphatic carbocycles. The molecule has 0 radical (unpaired) electrons. The maximum Gasteiger partial charge on any atom is 0.274 e. The van der Waals surface area contributed by atoms with Crippen molar-refractivity contribution in [1.82, 2.24) is 14.9 Å². The lowest BCUT2D eigenvalue weighted by atomic mass is 10.2. The smallest absolute Gasteiger partial charge is 0.274 e. The summed E-state index contributed by atoms with van der Waals surface area (Å²) in [7, 11) is 4.08. The van der Waals surface area contributed by atoms with Crippen molar-refractivity contribution in [3.8, 4) is 11.4 Å². The first kappa shape index (κ1) is 24.8. The summed E-state index contributed by atoms with van der Waals surface area (Å²) in [6, 6.07) is 19.0. The highest BCUT2D eigenvalue weighted by Crippen LogP contribution is 2.24. The molecule has 0 bridgehead atoms. The van der Waals surface area contributed by atoms with Crippen LogP contribution in [-0.2, 0) is 0 Å². The van der Waals surface area contributed by atoms with E-state index in [-0.39, 0.29) is 18.3 Å². The van der Waals surface area contributed by atoms with Crippen LogP contribution in [0.15, 0.2) is 65.1 Å². The summed E-state index contributed by atoms with van der Waals surface area (Å²) < 4.78 is 0.817. The van der Waals surface area contributed by atoms with Crippen molar-refractivity contribution in [2.45, 2.75) is 6.92 Å². The first-order chi connectivity index (χ1) is 14.5. The Bertz CT molecular complexity index is 1000. The molecule has 0 saturated heterocycles. The SMILES string of the molecule is CCN(CCN(C)C)c1cc(C(=O)Nc2ccccc2Br)nc(-c2ccccc2)n1.Cl. The summed E-state index contributed by atoms with van der Waals surface area (Å²) in [6.45, 7) is 4.56. The standard InChI is InChI=1S/C23H26BrN5O.ClH/c1-4-29(15-14-28(2)3)21-16-20(23(30)26-19-13-9-8-12-18(19)24)25-22(27-21)17-10-6-5-7-11-17;/h5-13,16H,4,14-15H2,1-3H3,(H,26,30);1H. The second-order valence-electron chi connectivity index (χ2n) is 7.12. The summed E-state index contributed by atoms with van der Waals surface area (Å²) in [4.78, 5) is 26.6. The summed E-state index contributed by atoms with van der Waals surface area (Å²) in [6.07, 6.45) is 0. The topological polar surface area (TPSA) is 61.4 Å². The van der Waals surface area contributed by atoms with E-state index in [1.807, 2.05) is 68.7 Å². The van der Waals surface area contributed by atoms with Gasteiger partial charge in [-0.15, -0.1) is 12.4 Å². The molecular formula is C23H27BrClN5O. The van der Waals surface area contributed by atoms with Crippen LogP contribution in [-0.4, -0.2) is 54.5 Å². The number of likely N-dealkylation sites (N-methyl/N-ethyl adjacent to an activating group) is 2. The number of amides is 1. The summed E-state index contributed by atoms with van der Waals surface area (Å²) in [5.74, 6) is 1.01. The molecule has 0 saturated carbocycles. The molecule has 0 aliphatic heterocycles. The average molecular weight is 505 g/mol. The first-order valence-electron chi connectivity index (χ1n) is 9.88. The van der Waals surface area contributed by atoms with Crippen LogP contribution < -0.4 is 10.2 Å². The molecule has 0 unspecified atom stereocenters. The van der Waals surface area contributed by atoms with Gasteiger partial charge in [-0.2, -0.15) is 0 Å². The van der Waals surface area contributed by atoms with E-state index >= 15 is 0 Å². The Balaban J connectivity index is 0.00000341. The summed E-state index contributed by atoms with van der Waals surface area (Å²) in [5.41, 5.74) is 1.90. The fraction of sp³-hybridized carbons (Fsp3) is 0.261. The van der Waals surface area contributed by atoms with Crippen molar-refractivity contribution in [3.05, 3.63) is 70.8 Å². The van der Waals surface area contributed by atoms with Gasteiger partial charge in [0.25, 0.3) is 5.91 Å². The third-order valence-corrected chi connectivity index (χ3v) is 5.31. The van der Waals surface area contributed by atoms with Gasteiger partial charge in [0.15, 0.2) is 5.82 Å². The lowest BCUT2D eigenvalue weighted by Gasteiger charge is -2.24. The molecule has 0 aliphatic rings. The van der Waals surface area contributed by atoms with Crippen LogP contribution in [0.5, 0.6) is 0 Å². The molecule has 1 amide bonds. The number of para-hydroxylation sites is 1. The minimum Gasteiger partial charge on any atom is -0.355 e. The Kier molecular flexibility index (Phi) is 9.43.